The molecule has 0 atom stereocenters. The lowest BCUT2D eigenvalue weighted by molar-refractivity contribution is 0.165. The maximum Gasteiger partial charge on any atom is 0.0767 e. The average Bonchev–Trinajstić information content (AvgIpc) is 2.66. The zero-order chi connectivity index (χ0) is 13.9. The van der Waals surface area contributed by atoms with Crippen molar-refractivity contribution in [1.82, 2.24) is 14.7 Å². The Kier molecular flexibility index (Phi) is 5.68. The van der Waals surface area contributed by atoms with Gasteiger partial charge in [0.2, 0.25) is 0 Å². The summed E-state index contributed by atoms with van der Waals surface area (Å²) in [5, 5.41) is 4.62. The molecule has 0 bridgehead atoms. The largest absolute Gasteiger partial charge is 0.294 e. The van der Waals surface area contributed by atoms with E-state index in [1.165, 1.54) is 5.69 Å². The molecule has 0 aliphatic rings. The lowest BCUT2D eigenvalue weighted by atomic mass is 10.1. The Balaban J connectivity index is 3.00. The number of hydrogen-bond acceptors (Lipinski definition) is 2. The van der Waals surface area contributed by atoms with Crippen molar-refractivity contribution in [3.8, 4) is 0 Å². The maximum absolute atomic E-state index is 6.02. The first-order valence-electron chi connectivity index (χ1n) is 6.38. The number of halogens is 2. The molecule has 104 valence electrons. The van der Waals surface area contributed by atoms with E-state index in [-0.39, 0.29) is 5.54 Å². The van der Waals surface area contributed by atoms with Gasteiger partial charge in [-0.3, -0.25) is 9.58 Å². The van der Waals surface area contributed by atoms with Crippen molar-refractivity contribution < 1.29 is 0 Å². The maximum atomic E-state index is 6.02. The van der Waals surface area contributed by atoms with Gasteiger partial charge >= 0.3 is 0 Å². The van der Waals surface area contributed by atoms with Crippen LogP contribution < -0.4 is 0 Å². The Morgan fingerprint density at radius 3 is 2.44 bits per heavy atom. The molecule has 0 aliphatic carbocycles. The van der Waals surface area contributed by atoms with E-state index in [1.807, 2.05) is 0 Å². The van der Waals surface area contributed by atoms with E-state index in [1.54, 1.807) is 0 Å². The van der Waals surface area contributed by atoms with Crippen molar-refractivity contribution in [2.75, 3.05) is 12.9 Å². The third kappa shape index (κ3) is 3.28. The van der Waals surface area contributed by atoms with E-state index in [0.29, 0.717) is 5.88 Å². The van der Waals surface area contributed by atoms with Crippen LogP contribution in [0.1, 0.15) is 39.1 Å². The van der Waals surface area contributed by atoms with Gasteiger partial charge in [0.25, 0.3) is 0 Å². The van der Waals surface area contributed by atoms with E-state index in [4.69, 9.17) is 11.6 Å². The molecule has 0 spiro atoms. The second-order valence-corrected chi connectivity index (χ2v) is 6.24. The molecular weight excluding hydrogens is 314 g/mol. The summed E-state index contributed by atoms with van der Waals surface area (Å²) in [6, 6.07) is 0. The fraction of sp³-hybridized carbons (Fsp3) is 0.769. The van der Waals surface area contributed by atoms with Gasteiger partial charge < -0.3 is 0 Å². The third-order valence-electron chi connectivity index (χ3n) is 3.44. The van der Waals surface area contributed by atoms with Crippen molar-refractivity contribution >= 4 is 27.5 Å². The van der Waals surface area contributed by atoms with E-state index in [0.717, 1.165) is 29.7 Å². The molecular formula is C13H23BrClN3. The Labute approximate surface area is 124 Å². The van der Waals surface area contributed by atoms with Crippen LogP contribution in [-0.4, -0.2) is 33.1 Å². The Hall–Kier alpha value is -0.0600. The highest BCUT2D eigenvalue weighted by Crippen LogP contribution is 2.26. The van der Waals surface area contributed by atoms with Gasteiger partial charge in [-0.05, 0) is 50.2 Å². The molecule has 5 heteroatoms. The molecule has 1 rings (SSSR count). The first-order valence-corrected chi connectivity index (χ1v) is 7.71. The van der Waals surface area contributed by atoms with E-state index < -0.39 is 0 Å². The van der Waals surface area contributed by atoms with Gasteiger partial charge in [-0.15, -0.1) is 11.6 Å². The standard InChI is InChI=1S/C13H23BrClN3/c1-6-10-12(14)11(18(7-2)16-10)8-17(5)13(3,4)9-15/h6-9H2,1-5H3. The quantitative estimate of drug-likeness (QED) is 0.739. The Morgan fingerprint density at radius 1 is 1.39 bits per heavy atom. The highest BCUT2D eigenvalue weighted by Gasteiger charge is 2.25. The zero-order valence-electron chi connectivity index (χ0n) is 11.9. The number of alkyl halides is 1. The SMILES string of the molecule is CCc1nn(CC)c(CN(C)C(C)(C)CCl)c1Br. The molecule has 0 fully saturated rings. The van der Waals surface area contributed by atoms with Gasteiger partial charge in [-0.1, -0.05) is 6.92 Å². The van der Waals surface area contributed by atoms with Crippen molar-refractivity contribution in [3.63, 3.8) is 0 Å². The molecule has 0 aromatic carbocycles. The summed E-state index contributed by atoms with van der Waals surface area (Å²) in [7, 11) is 2.10. The van der Waals surface area contributed by atoms with Crippen LogP contribution in [0.4, 0.5) is 0 Å². The number of rotatable bonds is 6. The van der Waals surface area contributed by atoms with E-state index in [2.05, 4.69) is 65.4 Å². The molecule has 0 saturated carbocycles. The van der Waals surface area contributed by atoms with Crippen LogP contribution in [0.25, 0.3) is 0 Å². The lowest BCUT2D eigenvalue weighted by Gasteiger charge is -2.33. The predicted octanol–water partition coefficient (Wildman–Crippen LogP) is 3.68. The highest BCUT2D eigenvalue weighted by atomic mass is 79.9. The molecule has 0 N–H and O–H groups in total. The summed E-state index contributed by atoms with van der Waals surface area (Å²) in [6.07, 6.45) is 0.948. The number of aromatic nitrogens is 2. The number of aryl methyl sites for hydroxylation is 2. The van der Waals surface area contributed by atoms with Gasteiger partial charge in [-0.2, -0.15) is 5.10 Å². The molecule has 1 aromatic heterocycles. The Morgan fingerprint density at radius 2 is 2.00 bits per heavy atom. The van der Waals surface area contributed by atoms with Crippen LogP contribution in [-0.2, 0) is 19.5 Å². The van der Waals surface area contributed by atoms with Gasteiger partial charge in [-0.25, -0.2) is 0 Å². The van der Waals surface area contributed by atoms with Crippen molar-refractivity contribution in [2.24, 2.45) is 0 Å². The second kappa shape index (κ2) is 6.40. The summed E-state index contributed by atoms with van der Waals surface area (Å²) in [4.78, 5) is 2.27. The van der Waals surface area contributed by atoms with Crippen molar-refractivity contribution in [1.29, 1.82) is 0 Å². The van der Waals surface area contributed by atoms with Crippen LogP contribution in [0.2, 0.25) is 0 Å². The van der Waals surface area contributed by atoms with Crippen LogP contribution in [0.15, 0.2) is 4.47 Å². The molecule has 1 heterocycles. The fourth-order valence-corrected chi connectivity index (χ4v) is 2.60. The second-order valence-electron chi connectivity index (χ2n) is 5.18. The van der Waals surface area contributed by atoms with Crippen molar-refractivity contribution in [3.05, 3.63) is 15.9 Å². The van der Waals surface area contributed by atoms with E-state index >= 15 is 0 Å². The van der Waals surface area contributed by atoms with Gasteiger partial charge in [0, 0.05) is 24.5 Å². The van der Waals surface area contributed by atoms with Gasteiger partial charge in [0.1, 0.15) is 0 Å². The minimum atomic E-state index is -0.0176. The first kappa shape index (κ1) is 16.0. The summed E-state index contributed by atoms with van der Waals surface area (Å²) >= 11 is 9.70. The number of hydrogen-bond donors (Lipinski definition) is 0. The first-order chi connectivity index (χ1) is 8.37. The summed E-state index contributed by atoms with van der Waals surface area (Å²) in [5.74, 6) is 0.613. The molecule has 0 aliphatic heterocycles. The minimum absolute atomic E-state index is 0.0176. The predicted molar refractivity (Wildman–Crippen MR) is 81.2 cm³/mol. The average molecular weight is 337 g/mol. The summed E-state index contributed by atoms with van der Waals surface area (Å²) in [6.45, 7) is 10.3. The Bertz CT molecular complexity index is 401. The van der Waals surface area contributed by atoms with Crippen LogP contribution >= 0.6 is 27.5 Å². The smallest absolute Gasteiger partial charge is 0.0767 e. The highest BCUT2D eigenvalue weighted by molar-refractivity contribution is 9.10. The number of nitrogens with zero attached hydrogens (tertiary/aromatic N) is 3. The zero-order valence-corrected chi connectivity index (χ0v) is 14.3. The summed E-state index contributed by atoms with van der Waals surface area (Å²) in [5.41, 5.74) is 2.34. The molecule has 0 radical (unpaired) electrons. The molecule has 0 amide bonds. The molecule has 3 nitrogen and oxygen atoms in total. The summed E-state index contributed by atoms with van der Waals surface area (Å²) < 4.78 is 3.22. The molecule has 18 heavy (non-hydrogen) atoms. The molecule has 1 aromatic rings. The fourth-order valence-electron chi connectivity index (χ4n) is 1.71. The molecule has 0 unspecified atom stereocenters. The van der Waals surface area contributed by atoms with Crippen LogP contribution in [0.3, 0.4) is 0 Å². The minimum Gasteiger partial charge on any atom is -0.294 e. The van der Waals surface area contributed by atoms with Gasteiger partial charge in [0.15, 0.2) is 0 Å². The third-order valence-corrected chi connectivity index (χ3v) is 5.01. The van der Waals surface area contributed by atoms with Crippen LogP contribution in [0, 0.1) is 0 Å². The van der Waals surface area contributed by atoms with E-state index in [9.17, 15) is 0 Å². The normalized spacial score (nSPS) is 12.4. The topological polar surface area (TPSA) is 21.1 Å². The monoisotopic (exact) mass is 335 g/mol. The van der Waals surface area contributed by atoms with Gasteiger partial charge in [0.05, 0.1) is 15.9 Å². The lowest BCUT2D eigenvalue weighted by Crippen LogP contribution is -2.42. The van der Waals surface area contributed by atoms with Crippen LogP contribution in [0.5, 0.6) is 0 Å². The van der Waals surface area contributed by atoms with Crippen molar-refractivity contribution in [2.45, 2.75) is 52.7 Å². The molecule has 0 saturated heterocycles.